The van der Waals surface area contributed by atoms with Crippen molar-refractivity contribution in [1.29, 1.82) is 0 Å². The highest BCUT2D eigenvalue weighted by atomic mass is 31.2. The highest BCUT2D eigenvalue weighted by Crippen LogP contribution is 2.41. The number of nitrogens with one attached hydrogen (secondary N) is 2. The third-order valence-electron chi connectivity index (χ3n) is 6.31. The zero-order valence-corrected chi connectivity index (χ0v) is 22.4. The average molecular weight is 558 g/mol. The van der Waals surface area contributed by atoms with E-state index in [4.69, 9.17) is 23.7 Å². The third-order valence-corrected chi connectivity index (χ3v) is 6.88. The summed E-state index contributed by atoms with van der Waals surface area (Å²) >= 11 is 0. The number of rotatable bonds is 7. The van der Waals surface area contributed by atoms with E-state index in [1.165, 1.54) is 0 Å². The fourth-order valence-electron chi connectivity index (χ4n) is 4.60. The van der Waals surface area contributed by atoms with Crippen LogP contribution in [0.25, 0.3) is 22.5 Å². The summed E-state index contributed by atoms with van der Waals surface area (Å²) in [6.45, 7) is 6.58. The van der Waals surface area contributed by atoms with Gasteiger partial charge >= 0.3 is 20.0 Å². The van der Waals surface area contributed by atoms with Crippen molar-refractivity contribution in [3.8, 4) is 11.6 Å². The molecule has 1 saturated carbocycles. The summed E-state index contributed by atoms with van der Waals surface area (Å²) in [5.74, 6) is 0.162. The molecule has 208 valence electrons. The van der Waals surface area contributed by atoms with Gasteiger partial charge in [-0.25, -0.2) is 9.55 Å². The molecule has 4 N–H and O–H groups in total. The number of anilines is 2. The molecule has 0 spiro atoms. The van der Waals surface area contributed by atoms with Gasteiger partial charge < -0.3 is 24.8 Å². The Morgan fingerprint density at radius 2 is 1.89 bits per heavy atom. The Morgan fingerprint density at radius 1 is 1.16 bits per heavy atom. The minimum atomic E-state index is -4.58. The topological polar surface area (TPSA) is 143 Å². The van der Waals surface area contributed by atoms with Gasteiger partial charge in [0, 0.05) is 17.1 Å². The second kappa shape index (κ2) is 10.4. The number of benzene rings is 1. The van der Waals surface area contributed by atoms with Crippen LogP contribution in [0.5, 0.6) is 0 Å². The Bertz CT molecular complexity index is 1350. The van der Waals surface area contributed by atoms with Gasteiger partial charge in [0.05, 0.1) is 11.6 Å². The standard InChI is InChI=1S/C24H31F3N5O5P/c1-13-8-19(21-31-32-22(36-21)29-14-6-5-7-16(9-14)37-38(33,34)35)30-20-17(13)10-15(28-12-24(25,26)27)11-18(20)23(2,3)4/h8,10-11,14,16,28H,5-7,9,12H2,1-4H3,(H,29,32)(H2,33,34,35). The maximum Gasteiger partial charge on any atom is 0.469 e. The summed E-state index contributed by atoms with van der Waals surface area (Å²) in [7, 11) is -4.58. The van der Waals surface area contributed by atoms with Crippen LogP contribution in [0.3, 0.4) is 0 Å². The number of fused-ring (bicyclic) bond motifs is 1. The molecule has 0 radical (unpaired) electrons. The van der Waals surface area contributed by atoms with E-state index in [0.717, 1.165) is 17.5 Å². The molecule has 1 aromatic carbocycles. The molecule has 0 aliphatic heterocycles. The van der Waals surface area contributed by atoms with Crippen molar-refractivity contribution < 1.29 is 36.5 Å². The number of nitrogens with zero attached hydrogens (tertiary/aromatic N) is 3. The second-order valence-corrected chi connectivity index (χ2v) is 11.8. The maximum atomic E-state index is 12.8. The zero-order chi connectivity index (χ0) is 27.9. The summed E-state index contributed by atoms with van der Waals surface area (Å²) in [5.41, 5.74) is 2.53. The van der Waals surface area contributed by atoms with E-state index in [1.807, 2.05) is 27.7 Å². The fraction of sp³-hybridized carbons (Fsp3) is 0.542. The first kappa shape index (κ1) is 28.3. The van der Waals surface area contributed by atoms with Gasteiger partial charge in [0.2, 0.25) is 0 Å². The summed E-state index contributed by atoms with van der Waals surface area (Å²) in [5, 5.41) is 14.4. The lowest BCUT2D eigenvalue weighted by Gasteiger charge is -2.28. The monoisotopic (exact) mass is 557 g/mol. The highest BCUT2D eigenvalue weighted by Gasteiger charge is 2.30. The Hall–Kier alpha value is -2.73. The predicted octanol–water partition coefficient (Wildman–Crippen LogP) is 5.70. The van der Waals surface area contributed by atoms with Crippen LogP contribution in [0.15, 0.2) is 22.6 Å². The van der Waals surface area contributed by atoms with Gasteiger partial charge in [-0.05, 0) is 67.3 Å². The van der Waals surface area contributed by atoms with Crippen molar-refractivity contribution in [3.05, 3.63) is 29.3 Å². The summed E-state index contributed by atoms with van der Waals surface area (Å²) < 4.78 is 60.2. The van der Waals surface area contributed by atoms with E-state index in [-0.39, 0.29) is 17.9 Å². The van der Waals surface area contributed by atoms with Gasteiger partial charge in [0.1, 0.15) is 12.2 Å². The van der Waals surface area contributed by atoms with E-state index < -0.39 is 32.1 Å². The number of pyridine rings is 1. The van der Waals surface area contributed by atoms with Crippen LogP contribution < -0.4 is 10.6 Å². The first-order valence-electron chi connectivity index (χ1n) is 12.2. The number of alkyl halides is 3. The molecule has 3 aromatic rings. The second-order valence-electron chi connectivity index (χ2n) is 10.6. The SMILES string of the molecule is Cc1cc(-c2nnc(NC3CCCC(OP(=O)(O)O)C3)o2)nc2c(C(C)(C)C)cc(NCC(F)(F)F)cc12. The summed E-state index contributed by atoms with van der Waals surface area (Å²) in [6.07, 6.45) is -2.56. The van der Waals surface area contributed by atoms with E-state index >= 15 is 0 Å². The normalized spacial score (nSPS) is 19.1. The van der Waals surface area contributed by atoms with Crippen LogP contribution in [0.4, 0.5) is 24.9 Å². The van der Waals surface area contributed by atoms with Crippen LogP contribution >= 0.6 is 7.82 Å². The molecule has 2 atom stereocenters. The molecule has 0 bridgehead atoms. The number of phosphoric acid groups is 1. The van der Waals surface area contributed by atoms with Crippen molar-refractivity contribution >= 4 is 30.4 Å². The minimum Gasteiger partial charge on any atom is -0.402 e. The van der Waals surface area contributed by atoms with E-state index in [2.05, 4.69) is 20.8 Å². The lowest BCUT2D eigenvalue weighted by atomic mass is 9.84. The van der Waals surface area contributed by atoms with E-state index in [9.17, 15) is 17.7 Å². The van der Waals surface area contributed by atoms with Gasteiger partial charge in [-0.3, -0.25) is 4.52 Å². The molecule has 1 fully saturated rings. The maximum absolute atomic E-state index is 12.8. The van der Waals surface area contributed by atoms with Crippen LogP contribution in [0, 0.1) is 6.92 Å². The molecule has 2 heterocycles. The molecular formula is C24H31F3N5O5P. The fourth-order valence-corrected chi connectivity index (χ4v) is 5.18. The third kappa shape index (κ3) is 7.22. The van der Waals surface area contributed by atoms with Gasteiger partial charge in [-0.1, -0.05) is 25.9 Å². The first-order chi connectivity index (χ1) is 17.6. The molecule has 38 heavy (non-hydrogen) atoms. The van der Waals surface area contributed by atoms with Gasteiger partial charge in [0.15, 0.2) is 0 Å². The molecule has 1 aliphatic carbocycles. The van der Waals surface area contributed by atoms with Crippen LogP contribution in [-0.2, 0) is 14.5 Å². The van der Waals surface area contributed by atoms with E-state index in [0.29, 0.717) is 41.5 Å². The number of phosphoric ester groups is 1. The predicted molar refractivity (Wildman–Crippen MR) is 136 cm³/mol. The van der Waals surface area contributed by atoms with Crippen molar-refractivity contribution in [1.82, 2.24) is 15.2 Å². The average Bonchev–Trinajstić information content (AvgIpc) is 3.24. The van der Waals surface area contributed by atoms with Crippen LogP contribution in [0.1, 0.15) is 57.6 Å². The van der Waals surface area contributed by atoms with Crippen LogP contribution in [-0.4, -0.2) is 49.8 Å². The molecule has 4 rings (SSSR count). The zero-order valence-electron chi connectivity index (χ0n) is 21.5. The Labute approximate surface area is 217 Å². The number of hydrogen-bond donors (Lipinski definition) is 4. The molecule has 2 unspecified atom stereocenters. The first-order valence-corrected chi connectivity index (χ1v) is 13.7. The lowest BCUT2D eigenvalue weighted by Crippen LogP contribution is -2.31. The molecule has 0 amide bonds. The number of aryl methyl sites for hydroxylation is 1. The van der Waals surface area contributed by atoms with Gasteiger partial charge in [0.25, 0.3) is 5.89 Å². The molecule has 0 saturated heterocycles. The number of halogens is 3. The smallest absolute Gasteiger partial charge is 0.402 e. The van der Waals surface area contributed by atoms with Gasteiger partial charge in [-0.15, -0.1) is 5.10 Å². The summed E-state index contributed by atoms with van der Waals surface area (Å²) in [4.78, 5) is 22.9. The van der Waals surface area contributed by atoms with Crippen LogP contribution in [0.2, 0.25) is 0 Å². The highest BCUT2D eigenvalue weighted by molar-refractivity contribution is 7.46. The lowest BCUT2D eigenvalue weighted by molar-refractivity contribution is -0.115. The number of hydrogen-bond acceptors (Lipinski definition) is 8. The largest absolute Gasteiger partial charge is 0.469 e. The Morgan fingerprint density at radius 3 is 2.55 bits per heavy atom. The molecular weight excluding hydrogens is 526 g/mol. The molecule has 10 nitrogen and oxygen atoms in total. The minimum absolute atomic E-state index is 0.143. The quantitative estimate of drug-likeness (QED) is 0.267. The molecule has 1 aliphatic rings. The van der Waals surface area contributed by atoms with Crippen molar-refractivity contribution in [2.75, 3.05) is 17.2 Å². The van der Waals surface area contributed by atoms with Crippen molar-refractivity contribution in [2.45, 2.75) is 77.1 Å². The number of aromatic nitrogens is 3. The van der Waals surface area contributed by atoms with Crippen molar-refractivity contribution in [3.63, 3.8) is 0 Å². The van der Waals surface area contributed by atoms with E-state index in [1.54, 1.807) is 18.2 Å². The van der Waals surface area contributed by atoms with Gasteiger partial charge in [-0.2, -0.15) is 13.2 Å². The Kier molecular flexibility index (Phi) is 7.77. The molecule has 2 aromatic heterocycles. The van der Waals surface area contributed by atoms with Crippen molar-refractivity contribution in [2.24, 2.45) is 0 Å². The summed E-state index contributed by atoms with van der Waals surface area (Å²) in [6, 6.07) is 5.05. The molecule has 14 heteroatoms. The Balaban J connectivity index is 1.60.